The third-order valence-electron chi connectivity index (χ3n) is 3.29. The summed E-state index contributed by atoms with van der Waals surface area (Å²) in [5, 5.41) is 9.90. The molecule has 0 spiro atoms. The number of carbonyl (C=O) groups excluding carboxylic acids is 1. The zero-order chi connectivity index (χ0) is 13.0. The van der Waals surface area contributed by atoms with Crippen LogP contribution in [-0.4, -0.2) is 23.6 Å². The van der Waals surface area contributed by atoms with E-state index >= 15 is 0 Å². The monoisotopic (exact) mass is 252 g/mol. The van der Waals surface area contributed by atoms with Gasteiger partial charge in [0.2, 0.25) is 0 Å². The molecule has 1 N–H and O–H groups in total. The fourth-order valence-electron chi connectivity index (χ4n) is 2.24. The summed E-state index contributed by atoms with van der Waals surface area (Å²) >= 11 is 0. The lowest BCUT2D eigenvalue weighted by atomic mass is 10.1. The Balaban J connectivity index is 2.10. The third kappa shape index (κ3) is 3.07. The van der Waals surface area contributed by atoms with Crippen LogP contribution in [0.5, 0.6) is 5.75 Å². The number of halogens is 1. The van der Waals surface area contributed by atoms with Crippen molar-refractivity contribution in [3.63, 3.8) is 0 Å². The normalized spacial score (nSPS) is 24.3. The van der Waals surface area contributed by atoms with E-state index in [0.29, 0.717) is 12.7 Å². The largest absolute Gasteiger partial charge is 0.485 e. The van der Waals surface area contributed by atoms with Crippen LogP contribution in [0.25, 0.3) is 0 Å². The number of carbonyl (C=O) groups is 1. The Morgan fingerprint density at radius 1 is 1.28 bits per heavy atom. The fourth-order valence-corrected chi connectivity index (χ4v) is 2.24. The molecule has 1 fully saturated rings. The minimum Gasteiger partial charge on any atom is -0.485 e. The zero-order valence-corrected chi connectivity index (χ0v) is 10.1. The van der Waals surface area contributed by atoms with Gasteiger partial charge in [-0.3, -0.25) is 4.79 Å². The van der Waals surface area contributed by atoms with Crippen LogP contribution in [0.1, 0.15) is 42.5 Å². The molecule has 18 heavy (non-hydrogen) atoms. The summed E-state index contributed by atoms with van der Waals surface area (Å²) in [6, 6.07) is 4.09. The summed E-state index contributed by atoms with van der Waals surface area (Å²) in [5.74, 6) is -0.456. The highest BCUT2D eigenvalue weighted by atomic mass is 19.1. The second-order valence-corrected chi connectivity index (χ2v) is 4.67. The molecule has 1 aromatic carbocycles. The summed E-state index contributed by atoms with van der Waals surface area (Å²) in [6.07, 6.45) is 4.15. The Bertz CT molecular complexity index is 420. The molecule has 0 heterocycles. The minimum absolute atomic E-state index is 0.103. The van der Waals surface area contributed by atoms with Gasteiger partial charge in [-0.2, -0.15) is 0 Å². The average Bonchev–Trinajstić information content (AvgIpc) is 2.57. The van der Waals surface area contributed by atoms with E-state index in [-0.39, 0.29) is 17.4 Å². The van der Waals surface area contributed by atoms with Crippen molar-refractivity contribution in [1.29, 1.82) is 0 Å². The molecule has 1 aromatic rings. The van der Waals surface area contributed by atoms with E-state index in [4.69, 9.17) is 4.74 Å². The molecule has 1 aliphatic rings. The van der Waals surface area contributed by atoms with Gasteiger partial charge >= 0.3 is 0 Å². The molecule has 0 radical (unpaired) electrons. The van der Waals surface area contributed by atoms with Gasteiger partial charge in [0.05, 0.1) is 6.10 Å². The molecule has 0 amide bonds. The Morgan fingerprint density at radius 2 is 2.06 bits per heavy atom. The first-order valence-corrected chi connectivity index (χ1v) is 6.30. The standard InChI is InChI=1S/C14H17FO3/c15-11-8-10(9-16)6-7-13(11)18-14-5-3-1-2-4-12(14)17/h6-9,12,14,17H,1-5H2. The lowest BCUT2D eigenvalue weighted by molar-refractivity contribution is 0.0298. The zero-order valence-electron chi connectivity index (χ0n) is 10.1. The molecule has 0 saturated heterocycles. The van der Waals surface area contributed by atoms with Gasteiger partial charge < -0.3 is 9.84 Å². The van der Waals surface area contributed by atoms with Gasteiger partial charge in [-0.25, -0.2) is 4.39 Å². The van der Waals surface area contributed by atoms with Gasteiger partial charge in [-0.15, -0.1) is 0 Å². The Kier molecular flexibility index (Phi) is 4.31. The predicted octanol–water partition coefficient (Wildman–Crippen LogP) is 2.71. The molecule has 2 unspecified atom stereocenters. The maximum atomic E-state index is 13.7. The molecular weight excluding hydrogens is 235 g/mol. The predicted molar refractivity (Wildman–Crippen MR) is 65.3 cm³/mol. The molecule has 3 nitrogen and oxygen atoms in total. The van der Waals surface area contributed by atoms with Crippen LogP contribution in [0.4, 0.5) is 4.39 Å². The SMILES string of the molecule is O=Cc1ccc(OC2CCCCCC2O)c(F)c1. The van der Waals surface area contributed by atoms with Crippen molar-refractivity contribution in [1.82, 2.24) is 0 Å². The second-order valence-electron chi connectivity index (χ2n) is 4.67. The van der Waals surface area contributed by atoms with E-state index in [1.54, 1.807) is 0 Å². The summed E-state index contributed by atoms with van der Waals surface area (Å²) in [5.41, 5.74) is 0.279. The fraction of sp³-hybridized carbons (Fsp3) is 0.500. The van der Waals surface area contributed by atoms with E-state index in [2.05, 4.69) is 0 Å². The summed E-state index contributed by atoms with van der Waals surface area (Å²) in [4.78, 5) is 10.5. The van der Waals surface area contributed by atoms with E-state index < -0.39 is 11.9 Å². The van der Waals surface area contributed by atoms with Crippen molar-refractivity contribution in [2.75, 3.05) is 0 Å². The number of rotatable bonds is 3. The van der Waals surface area contributed by atoms with Gasteiger partial charge in [0.15, 0.2) is 11.6 Å². The van der Waals surface area contributed by atoms with Crippen molar-refractivity contribution >= 4 is 6.29 Å². The van der Waals surface area contributed by atoms with Crippen LogP contribution in [0.3, 0.4) is 0 Å². The number of ether oxygens (including phenoxy) is 1. The molecular formula is C14H17FO3. The topological polar surface area (TPSA) is 46.5 Å². The van der Waals surface area contributed by atoms with Crippen LogP contribution >= 0.6 is 0 Å². The van der Waals surface area contributed by atoms with Gasteiger partial charge in [0.25, 0.3) is 0 Å². The highest BCUT2D eigenvalue weighted by Gasteiger charge is 2.24. The van der Waals surface area contributed by atoms with E-state index in [0.717, 1.165) is 31.7 Å². The van der Waals surface area contributed by atoms with Crippen molar-refractivity contribution < 1.29 is 19.0 Å². The van der Waals surface area contributed by atoms with Crippen LogP contribution in [-0.2, 0) is 0 Å². The molecule has 0 bridgehead atoms. The molecule has 98 valence electrons. The Labute approximate surface area is 106 Å². The number of aliphatic hydroxyl groups excluding tert-OH is 1. The van der Waals surface area contributed by atoms with Crippen molar-refractivity contribution in [2.24, 2.45) is 0 Å². The number of aldehydes is 1. The van der Waals surface area contributed by atoms with E-state index in [1.165, 1.54) is 12.1 Å². The number of hydrogen-bond donors (Lipinski definition) is 1. The van der Waals surface area contributed by atoms with Gasteiger partial charge in [-0.1, -0.05) is 12.8 Å². The Morgan fingerprint density at radius 3 is 2.78 bits per heavy atom. The first-order chi connectivity index (χ1) is 8.70. The first-order valence-electron chi connectivity index (χ1n) is 6.30. The molecule has 0 aromatic heterocycles. The molecule has 4 heteroatoms. The number of hydrogen-bond acceptors (Lipinski definition) is 3. The van der Waals surface area contributed by atoms with Crippen molar-refractivity contribution in [2.45, 2.75) is 44.3 Å². The van der Waals surface area contributed by atoms with Crippen LogP contribution in [0.2, 0.25) is 0 Å². The molecule has 0 aliphatic heterocycles. The highest BCUT2D eigenvalue weighted by Crippen LogP contribution is 2.25. The van der Waals surface area contributed by atoms with Crippen LogP contribution < -0.4 is 4.74 Å². The van der Waals surface area contributed by atoms with Crippen molar-refractivity contribution in [3.05, 3.63) is 29.6 Å². The third-order valence-corrected chi connectivity index (χ3v) is 3.29. The maximum Gasteiger partial charge on any atom is 0.165 e. The Hall–Kier alpha value is -1.42. The lowest BCUT2D eigenvalue weighted by Crippen LogP contribution is -2.30. The molecule has 2 atom stereocenters. The quantitative estimate of drug-likeness (QED) is 0.664. The molecule has 1 aliphatic carbocycles. The lowest BCUT2D eigenvalue weighted by Gasteiger charge is -2.22. The summed E-state index contributed by atoms with van der Waals surface area (Å²) in [7, 11) is 0. The molecule has 2 rings (SSSR count). The van der Waals surface area contributed by atoms with Gasteiger partial charge in [0, 0.05) is 5.56 Å². The van der Waals surface area contributed by atoms with E-state index in [9.17, 15) is 14.3 Å². The van der Waals surface area contributed by atoms with Crippen molar-refractivity contribution in [3.8, 4) is 5.75 Å². The first kappa shape index (κ1) is 13.0. The van der Waals surface area contributed by atoms with Crippen LogP contribution in [0.15, 0.2) is 18.2 Å². The number of benzene rings is 1. The minimum atomic E-state index is -0.559. The van der Waals surface area contributed by atoms with Gasteiger partial charge in [-0.05, 0) is 37.5 Å². The molecule has 1 saturated carbocycles. The average molecular weight is 252 g/mol. The summed E-state index contributed by atoms with van der Waals surface area (Å²) in [6.45, 7) is 0. The second kappa shape index (κ2) is 5.96. The smallest absolute Gasteiger partial charge is 0.165 e. The summed E-state index contributed by atoms with van der Waals surface area (Å²) < 4.78 is 19.2. The highest BCUT2D eigenvalue weighted by molar-refractivity contribution is 5.74. The van der Waals surface area contributed by atoms with Gasteiger partial charge in [0.1, 0.15) is 12.4 Å². The van der Waals surface area contributed by atoms with Crippen LogP contribution in [0, 0.1) is 5.82 Å². The van der Waals surface area contributed by atoms with E-state index in [1.807, 2.05) is 0 Å². The number of aliphatic hydroxyl groups is 1. The maximum absolute atomic E-state index is 13.7.